The fourth-order valence-corrected chi connectivity index (χ4v) is 4.49. The van der Waals surface area contributed by atoms with Crippen LogP contribution >= 0.6 is 23.2 Å². The summed E-state index contributed by atoms with van der Waals surface area (Å²) in [6.07, 6.45) is 1.36. The van der Waals surface area contributed by atoms with Gasteiger partial charge in [-0.3, -0.25) is 9.69 Å². The van der Waals surface area contributed by atoms with Crippen LogP contribution in [0, 0.1) is 0 Å². The third-order valence-electron chi connectivity index (χ3n) is 5.90. The van der Waals surface area contributed by atoms with Gasteiger partial charge in [-0.15, -0.1) is 0 Å². The minimum absolute atomic E-state index is 0.0926. The van der Waals surface area contributed by atoms with Gasteiger partial charge in [-0.1, -0.05) is 23.2 Å². The number of nitrogens with one attached hydrogen (secondary N) is 1. The largest absolute Gasteiger partial charge is 0.493 e. The molecule has 0 spiro atoms. The Morgan fingerprint density at radius 1 is 1.08 bits per heavy atom. The number of fused-ring (bicyclic) bond motifs is 1. The molecular weight excluding hydrogens is 519 g/mol. The quantitative estimate of drug-likeness (QED) is 0.389. The van der Waals surface area contributed by atoms with Gasteiger partial charge in [-0.05, 0) is 13.8 Å². The average molecular weight is 549 g/mol. The number of pyridine rings is 1. The van der Waals surface area contributed by atoms with E-state index in [0.717, 1.165) is 32.7 Å². The summed E-state index contributed by atoms with van der Waals surface area (Å²) >= 11 is 12.4. The first-order valence-corrected chi connectivity index (χ1v) is 12.7. The summed E-state index contributed by atoms with van der Waals surface area (Å²) in [6.45, 7) is 9.89. The van der Waals surface area contributed by atoms with E-state index in [1.165, 1.54) is 13.4 Å². The molecule has 198 valence electrons. The number of ether oxygens (including phenoxy) is 3. The van der Waals surface area contributed by atoms with E-state index in [4.69, 9.17) is 37.4 Å². The number of piperazine rings is 1. The van der Waals surface area contributed by atoms with E-state index in [9.17, 15) is 4.79 Å². The van der Waals surface area contributed by atoms with Gasteiger partial charge in [0, 0.05) is 57.8 Å². The highest BCUT2D eigenvalue weighted by atomic mass is 35.5. The lowest BCUT2D eigenvalue weighted by Crippen LogP contribution is -2.48. The maximum atomic E-state index is 11.5. The van der Waals surface area contributed by atoms with Gasteiger partial charge in [0.05, 0.1) is 29.8 Å². The van der Waals surface area contributed by atoms with E-state index in [2.05, 4.69) is 25.2 Å². The molecule has 0 atom stereocenters. The van der Waals surface area contributed by atoms with Crippen LogP contribution in [0.2, 0.25) is 10.3 Å². The van der Waals surface area contributed by atoms with Crippen LogP contribution in [0.15, 0.2) is 24.5 Å². The Morgan fingerprint density at radius 3 is 2.51 bits per heavy atom. The van der Waals surface area contributed by atoms with Crippen molar-refractivity contribution in [3.8, 4) is 17.2 Å². The summed E-state index contributed by atoms with van der Waals surface area (Å²) in [6, 6.07) is 5.35. The minimum atomic E-state index is -0.0926. The van der Waals surface area contributed by atoms with Gasteiger partial charge in [0.15, 0.2) is 16.1 Å². The first-order chi connectivity index (χ1) is 17.7. The average Bonchev–Trinajstić information content (AvgIpc) is 2.85. The lowest BCUT2D eigenvalue weighted by molar-refractivity contribution is -0.130. The number of halogens is 2. The Labute approximate surface area is 225 Å². The van der Waals surface area contributed by atoms with Crippen molar-refractivity contribution in [1.29, 1.82) is 0 Å². The van der Waals surface area contributed by atoms with E-state index in [1.54, 1.807) is 13.0 Å². The third-order valence-corrected chi connectivity index (χ3v) is 6.46. The predicted octanol–water partition coefficient (Wildman–Crippen LogP) is 4.41. The molecule has 0 saturated carbocycles. The number of methoxy groups -OCH3 is 1. The molecule has 0 unspecified atom stereocenters. The lowest BCUT2D eigenvalue weighted by atomic mass is 10.2. The zero-order valence-corrected chi connectivity index (χ0v) is 22.8. The summed E-state index contributed by atoms with van der Waals surface area (Å²) in [4.78, 5) is 28.7. The fourth-order valence-electron chi connectivity index (χ4n) is 4.04. The van der Waals surface area contributed by atoms with E-state index >= 15 is 0 Å². The normalized spacial score (nSPS) is 14.2. The van der Waals surface area contributed by atoms with Gasteiger partial charge >= 0.3 is 0 Å². The van der Waals surface area contributed by atoms with E-state index in [-0.39, 0.29) is 22.3 Å². The van der Waals surface area contributed by atoms with Crippen molar-refractivity contribution in [1.82, 2.24) is 24.8 Å². The van der Waals surface area contributed by atoms with Crippen LogP contribution in [-0.2, 0) is 4.79 Å². The molecule has 3 heterocycles. The Hall–Kier alpha value is -3.08. The van der Waals surface area contributed by atoms with Crippen molar-refractivity contribution in [3.63, 3.8) is 0 Å². The number of nitrogens with zero attached hydrogens (tertiary/aromatic N) is 5. The molecule has 37 heavy (non-hydrogen) atoms. The van der Waals surface area contributed by atoms with Crippen molar-refractivity contribution in [3.05, 3.63) is 34.8 Å². The van der Waals surface area contributed by atoms with E-state index in [0.29, 0.717) is 46.3 Å². The minimum Gasteiger partial charge on any atom is -0.493 e. The standard InChI is InChI=1S/C25H30Cl2N6O4/c1-15(2)37-20-12-17(36-10-9-32-5-7-33(8-6-32)16(3)34)11-18-22(20)25(29-14-28-18)30-19-13-21(35-4)24(27)31-23(19)26/h11-15H,5-10H2,1-4H3,(H,28,29,30). The summed E-state index contributed by atoms with van der Waals surface area (Å²) in [7, 11) is 1.50. The van der Waals surface area contributed by atoms with Crippen LogP contribution in [0.3, 0.4) is 0 Å². The molecule has 1 amide bonds. The number of anilines is 2. The highest BCUT2D eigenvalue weighted by Crippen LogP contribution is 2.38. The van der Waals surface area contributed by atoms with Crippen LogP contribution in [0.25, 0.3) is 10.9 Å². The number of carbonyl (C=O) groups excluding carboxylic acids is 1. The number of hydrogen-bond donors (Lipinski definition) is 1. The van der Waals surface area contributed by atoms with Gasteiger partial charge in [-0.25, -0.2) is 15.0 Å². The van der Waals surface area contributed by atoms with Gasteiger partial charge in [0.1, 0.15) is 30.3 Å². The monoisotopic (exact) mass is 548 g/mol. The molecule has 0 radical (unpaired) electrons. The summed E-state index contributed by atoms with van der Waals surface area (Å²) in [5.74, 6) is 2.20. The molecule has 1 N–H and O–H groups in total. The fraction of sp³-hybridized carbons (Fsp3) is 0.440. The van der Waals surface area contributed by atoms with Crippen LogP contribution in [0.4, 0.5) is 11.5 Å². The number of amides is 1. The van der Waals surface area contributed by atoms with Crippen molar-refractivity contribution < 1.29 is 19.0 Å². The number of rotatable bonds is 9. The van der Waals surface area contributed by atoms with Crippen LogP contribution < -0.4 is 19.5 Å². The number of benzene rings is 1. The van der Waals surface area contributed by atoms with Crippen LogP contribution in [0.1, 0.15) is 20.8 Å². The molecule has 0 bridgehead atoms. The van der Waals surface area contributed by atoms with Crippen LogP contribution in [-0.4, -0.2) is 83.2 Å². The first kappa shape index (κ1) is 27.0. The second-order valence-corrected chi connectivity index (χ2v) is 9.56. The van der Waals surface area contributed by atoms with Crippen molar-refractivity contribution in [2.45, 2.75) is 26.9 Å². The second-order valence-electron chi connectivity index (χ2n) is 8.85. The van der Waals surface area contributed by atoms with Gasteiger partial charge in [0.25, 0.3) is 0 Å². The van der Waals surface area contributed by atoms with Crippen LogP contribution in [0.5, 0.6) is 17.2 Å². The Morgan fingerprint density at radius 2 is 1.84 bits per heavy atom. The third kappa shape index (κ3) is 6.63. The molecule has 1 fully saturated rings. The topological polar surface area (TPSA) is 102 Å². The highest BCUT2D eigenvalue weighted by molar-refractivity contribution is 6.35. The molecule has 10 nitrogen and oxygen atoms in total. The van der Waals surface area contributed by atoms with Crippen molar-refractivity contribution in [2.75, 3.05) is 51.8 Å². The van der Waals surface area contributed by atoms with Gasteiger partial charge < -0.3 is 24.4 Å². The van der Waals surface area contributed by atoms with E-state index in [1.807, 2.05) is 30.9 Å². The first-order valence-electron chi connectivity index (χ1n) is 12.0. The summed E-state index contributed by atoms with van der Waals surface area (Å²) < 4.78 is 17.5. The van der Waals surface area contributed by atoms with Crippen molar-refractivity contribution in [2.24, 2.45) is 0 Å². The lowest BCUT2D eigenvalue weighted by Gasteiger charge is -2.34. The molecule has 4 rings (SSSR count). The SMILES string of the molecule is COc1cc(Nc2ncnc3cc(OCCN4CCN(C(C)=O)CC4)cc(OC(C)C)c23)c(Cl)nc1Cl. The number of carbonyl (C=O) groups is 1. The molecule has 3 aromatic rings. The smallest absolute Gasteiger partial charge is 0.219 e. The molecule has 1 aliphatic heterocycles. The Kier molecular flexibility index (Phi) is 8.73. The molecular formula is C25H30Cl2N6O4. The number of hydrogen-bond acceptors (Lipinski definition) is 9. The Balaban J connectivity index is 1.55. The molecule has 1 saturated heterocycles. The maximum absolute atomic E-state index is 11.5. The zero-order chi connectivity index (χ0) is 26.5. The van der Waals surface area contributed by atoms with Gasteiger partial charge in [-0.2, -0.15) is 0 Å². The Bertz CT molecular complexity index is 1270. The van der Waals surface area contributed by atoms with Gasteiger partial charge in [0.2, 0.25) is 5.91 Å². The second kappa shape index (κ2) is 12.0. The van der Waals surface area contributed by atoms with Crippen molar-refractivity contribution >= 4 is 51.5 Å². The summed E-state index contributed by atoms with van der Waals surface area (Å²) in [5.41, 5.74) is 1.12. The van der Waals surface area contributed by atoms with E-state index < -0.39 is 0 Å². The zero-order valence-electron chi connectivity index (χ0n) is 21.3. The molecule has 1 aliphatic rings. The highest BCUT2D eigenvalue weighted by Gasteiger charge is 2.19. The molecule has 1 aromatic carbocycles. The summed E-state index contributed by atoms with van der Waals surface area (Å²) in [5, 5.41) is 4.22. The maximum Gasteiger partial charge on any atom is 0.219 e. The molecule has 2 aromatic heterocycles. The predicted molar refractivity (Wildman–Crippen MR) is 144 cm³/mol. The number of aromatic nitrogens is 3. The molecule has 0 aliphatic carbocycles. The molecule has 12 heteroatoms.